The molecule has 0 spiro atoms. The molecule has 5 nitrogen and oxygen atoms in total. The molecule has 0 bridgehead atoms. The van der Waals surface area contributed by atoms with E-state index in [0.29, 0.717) is 6.42 Å². The number of fused-ring (bicyclic) bond motifs is 1. The van der Waals surface area contributed by atoms with E-state index in [-0.39, 0.29) is 6.42 Å². The molecule has 0 radical (unpaired) electrons. The van der Waals surface area contributed by atoms with Crippen LogP contribution in [0.25, 0.3) is 10.9 Å². The highest BCUT2D eigenvalue weighted by Gasteiger charge is 2.20. The van der Waals surface area contributed by atoms with E-state index in [1.165, 1.54) is 83.5 Å². The fraction of sp³-hybridized carbons (Fsp3) is 0.667. The van der Waals surface area contributed by atoms with E-state index in [1.807, 2.05) is 30.5 Å². The number of hydrogen-bond acceptors (Lipinski definition) is 4. The predicted octanol–water partition coefficient (Wildman–Crippen LogP) is 7.76. The zero-order valence-corrected chi connectivity index (χ0v) is 22.0. The zero-order chi connectivity index (χ0) is 25.1. The molecule has 0 saturated heterocycles. The van der Waals surface area contributed by atoms with Crippen LogP contribution in [-0.2, 0) is 20.7 Å². The molecule has 0 fully saturated rings. The Balaban J connectivity index is 1.41. The average Bonchev–Trinajstić information content (AvgIpc) is 3.26. The van der Waals surface area contributed by atoms with Crippen molar-refractivity contribution >= 4 is 22.8 Å². The Morgan fingerprint density at radius 3 is 1.89 bits per heavy atom. The molecule has 1 heterocycles. The maximum Gasteiger partial charge on any atom is 0.330 e. The van der Waals surface area contributed by atoms with Gasteiger partial charge < -0.3 is 15.5 Å². The number of ether oxygens (including phenoxy) is 1. The Hall–Kier alpha value is -2.14. The van der Waals surface area contributed by atoms with Crippen LogP contribution in [0.15, 0.2) is 30.5 Å². The molecule has 0 aliphatic rings. The summed E-state index contributed by atoms with van der Waals surface area (Å²) >= 11 is 0. The van der Waals surface area contributed by atoms with Crippen molar-refractivity contribution in [2.75, 3.05) is 0 Å². The number of benzene rings is 1. The Bertz CT molecular complexity index is 845. The SMILES string of the molecule is CCCCCCCCCCCCCCCCCCC(=O)OC(=O)[C@@H](N)Cc1c[nH]c2ccccc12. The molecule has 3 N–H and O–H groups in total. The lowest BCUT2D eigenvalue weighted by Crippen LogP contribution is -2.35. The van der Waals surface area contributed by atoms with E-state index in [1.54, 1.807) is 0 Å². The minimum atomic E-state index is -0.844. The second-order valence-electron chi connectivity index (χ2n) is 10.0. The molecule has 0 unspecified atom stereocenters. The molecule has 1 atom stereocenters. The number of nitrogens with two attached hydrogens (primary N) is 1. The van der Waals surface area contributed by atoms with Gasteiger partial charge in [0.25, 0.3) is 0 Å². The summed E-state index contributed by atoms with van der Waals surface area (Å²) in [6.07, 6.45) is 23.1. The quantitative estimate of drug-likeness (QED) is 0.114. The van der Waals surface area contributed by atoms with Gasteiger partial charge in [-0.1, -0.05) is 121 Å². The normalized spacial score (nSPS) is 12.2. The summed E-state index contributed by atoms with van der Waals surface area (Å²) in [5, 5.41) is 1.04. The molecule has 0 aliphatic heterocycles. The van der Waals surface area contributed by atoms with Crippen molar-refractivity contribution in [3.63, 3.8) is 0 Å². The third-order valence-electron chi connectivity index (χ3n) is 6.87. The fourth-order valence-electron chi connectivity index (χ4n) is 4.68. The molecule has 0 saturated carbocycles. The van der Waals surface area contributed by atoms with Gasteiger partial charge in [0, 0.05) is 29.9 Å². The van der Waals surface area contributed by atoms with Gasteiger partial charge in [-0.15, -0.1) is 0 Å². The molecule has 2 aromatic rings. The molecule has 35 heavy (non-hydrogen) atoms. The standard InChI is InChI=1S/C30H48N2O3/c1-2-3-4-5-6-7-8-9-10-11-12-13-14-15-16-17-22-29(33)35-30(34)27(31)23-25-24-32-28-21-19-18-20-26(25)28/h18-21,24,27,32H,2-17,22-23,31H2,1H3/t27-/m0/s1. The van der Waals surface area contributed by atoms with Gasteiger partial charge in [0.2, 0.25) is 0 Å². The van der Waals surface area contributed by atoms with Crippen LogP contribution in [0.4, 0.5) is 0 Å². The number of aromatic amines is 1. The summed E-state index contributed by atoms with van der Waals surface area (Å²) in [5.41, 5.74) is 7.95. The Morgan fingerprint density at radius 1 is 0.800 bits per heavy atom. The number of hydrogen-bond donors (Lipinski definition) is 2. The summed E-state index contributed by atoms with van der Waals surface area (Å²) in [4.78, 5) is 27.4. The van der Waals surface area contributed by atoms with E-state index >= 15 is 0 Å². The Labute approximate surface area is 212 Å². The Morgan fingerprint density at radius 2 is 1.31 bits per heavy atom. The van der Waals surface area contributed by atoms with Crippen molar-refractivity contribution in [2.24, 2.45) is 5.73 Å². The molecule has 2 rings (SSSR count). The lowest BCUT2D eigenvalue weighted by molar-refractivity contribution is -0.160. The third-order valence-corrected chi connectivity index (χ3v) is 6.87. The van der Waals surface area contributed by atoms with E-state index in [0.717, 1.165) is 35.7 Å². The second-order valence-corrected chi connectivity index (χ2v) is 10.0. The molecule has 5 heteroatoms. The first-order chi connectivity index (χ1) is 17.1. The van der Waals surface area contributed by atoms with E-state index in [4.69, 9.17) is 10.5 Å². The second kappa shape index (κ2) is 18.2. The van der Waals surface area contributed by atoms with Gasteiger partial charge in [0.1, 0.15) is 6.04 Å². The minimum absolute atomic E-state index is 0.282. The van der Waals surface area contributed by atoms with Crippen LogP contribution >= 0.6 is 0 Å². The van der Waals surface area contributed by atoms with Gasteiger partial charge in [0.15, 0.2) is 0 Å². The van der Waals surface area contributed by atoms with Gasteiger partial charge in [-0.3, -0.25) is 4.79 Å². The highest BCUT2D eigenvalue weighted by molar-refractivity contribution is 5.89. The van der Waals surface area contributed by atoms with Crippen molar-refractivity contribution in [3.05, 3.63) is 36.0 Å². The van der Waals surface area contributed by atoms with Crippen molar-refractivity contribution in [1.29, 1.82) is 0 Å². The van der Waals surface area contributed by atoms with Crippen molar-refractivity contribution in [3.8, 4) is 0 Å². The number of rotatable bonds is 20. The van der Waals surface area contributed by atoms with Crippen molar-refractivity contribution < 1.29 is 14.3 Å². The van der Waals surface area contributed by atoms with Gasteiger partial charge >= 0.3 is 11.9 Å². The monoisotopic (exact) mass is 484 g/mol. The van der Waals surface area contributed by atoms with Gasteiger partial charge in [-0.2, -0.15) is 0 Å². The first-order valence-corrected chi connectivity index (χ1v) is 14.2. The summed E-state index contributed by atoms with van der Waals surface area (Å²) in [5.74, 6) is -1.11. The topological polar surface area (TPSA) is 85.2 Å². The number of aromatic nitrogens is 1. The van der Waals surface area contributed by atoms with Gasteiger partial charge in [-0.25, -0.2) is 4.79 Å². The van der Waals surface area contributed by atoms with Crippen molar-refractivity contribution in [2.45, 2.75) is 129 Å². The fourth-order valence-corrected chi connectivity index (χ4v) is 4.68. The molecular formula is C30H48N2O3. The van der Waals surface area contributed by atoms with Crippen LogP contribution in [0.3, 0.4) is 0 Å². The molecule has 0 aliphatic carbocycles. The number of carbonyl (C=O) groups excluding carboxylic acids is 2. The minimum Gasteiger partial charge on any atom is -0.392 e. The molecule has 1 aromatic heterocycles. The highest BCUT2D eigenvalue weighted by Crippen LogP contribution is 2.19. The summed E-state index contributed by atoms with van der Waals surface area (Å²) < 4.78 is 4.98. The number of esters is 2. The van der Waals surface area contributed by atoms with Crippen LogP contribution in [0.2, 0.25) is 0 Å². The molecule has 0 amide bonds. The van der Waals surface area contributed by atoms with Crippen LogP contribution < -0.4 is 5.73 Å². The van der Waals surface area contributed by atoms with E-state index < -0.39 is 18.0 Å². The summed E-state index contributed by atoms with van der Waals surface area (Å²) in [6, 6.07) is 7.02. The first-order valence-electron chi connectivity index (χ1n) is 14.2. The van der Waals surface area contributed by atoms with Gasteiger partial charge in [0.05, 0.1) is 0 Å². The highest BCUT2D eigenvalue weighted by atomic mass is 16.6. The van der Waals surface area contributed by atoms with E-state index in [9.17, 15) is 9.59 Å². The maximum absolute atomic E-state index is 12.2. The van der Waals surface area contributed by atoms with Crippen molar-refractivity contribution in [1.82, 2.24) is 4.98 Å². The first kappa shape index (κ1) is 29.1. The summed E-state index contributed by atoms with van der Waals surface area (Å²) in [6.45, 7) is 2.27. The van der Waals surface area contributed by atoms with Crippen LogP contribution in [-0.4, -0.2) is 23.0 Å². The predicted molar refractivity (Wildman–Crippen MR) is 145 cm³/mol. The number of para-hydroxylation sites is 1. The molecular weight excluding hydrogens is 436 g/mol. The largest absolute Gasteiger partial charge is 0.392 e. The van der Waals surface area contributed by atoms with Gasteiger partial charge in [-0.05, 0) is 18.1 Å². The maximum atomic E-state index is 12.2. The number of carbonyl (C=O) groups is 2. The average molecular weight is 485 g/mol. The number of H-pyrrole nitrogens is 1. The van der Waals surface area contributed by atoms with E-state index in [2.05, 4.69) is 11.9 Å². The molecule has 196 valence electrons. The summed E-state index contributed by atoms with van der Waals surface area (Å²) in [7, 11) is 0. The lowest BCUT2D eigenvalue weighted by Gasteiger charge is -2.10. The smallest absolute Gasteiger partial charge is 0.330 e. The van der Waals surface area contributed by atoms with Crippen LogP contribution in [0.1, 0.15) is 122 Å². The third kappa shape index (κ3) is 12.4. The van der Waals surface area contributed by atoms with Crippen LogP contribution in [0, 0.1) is 0 Å². The number of nitrogens with one attached hydrogen (secondary N) is 1. The zero-order valence-electron chi connectivity index (χ0n) is 22.0. The Kier molecular flexibility index (Phi) is 15.1. The lowest BCUT2D eigenvalue weighted by atomic mass is 10.0. The van der Waals surface area contributed by atoms with Crippen LogP contribution in [0.5, 0.6) is 0 Å². The molecule has 1 aromatic carbocycles. The number of unbranched alkanes of at least 4 members (excludes halogenated alkanes) is 15.